The Balaban J connectivity index is 2.48. The molecule has 0 spiro atoms. The highest BCUT2D eigenvalue weighted by Crippen LogP contribution is 2.17. The van der Waals surface area contributed by atoms with Crippen molar-refractivity contribution in [3.8, 4) is 0 Å². The van der Waals surface area contributed by atoms with Gasteiger partial charge in [0.2, 0.25) is 0 Å². The SMILES string of the molecule is C=CCCOC(C)C(=O)Nc1ccccc1I. The third kappa shape index (κ3) is 4.87. The molecule has 17 heavy (non-hydrogen) atoms. The molecule has 0 aliphatic heterocycles. The van der Waals surface area contributed by atoms with Crippen LogP contribution in [0.5, 0.6) is 0 Å². The Hall–Kier alpha value is -0.880. The molecule has 4 heteroatoms. The number of rotatable bonds is 6. The van der Waals surface area contributed by atoms with Crippen molar-refractivity contribution < 1.29 is 9.53 Å². The monoisotopic (exact) mass is 345 g/mol. The van der Waals surface area contributed by atoms with Crippen LogP contribution in [0.15, 0.2) is 36.9 Å². The minimum absolute atomic E-state index is 0.127. The molecule has 1 aromatic carbocycles. The van der Waals surface area contributed by atoms with Crippen molar-refractivity contribution in [1.29, 1.82) is 0 Å². The van der Waals surface area contributed by atoms with Crippen LogP contribution >= 0.6 is 22.6 Å². The molecule has 1 rings (SSSR count). The van der Waals surface area contributed by atoms with Gasteiger partial charge in [0.1, 0.15) is 6.10 Å². The van der Waals surface area contributed by atoms with Gasteiger partial charge in [0.15, 0.2) is 0 Å². The molecule has 1 aromatic rings. The van der Waals surface area contributed by atoms with Crippen LogP contribution in [0.2, 0.25) is 0 Å². The fraction of sp³-hybridized carbons (Fsp3) is 0.308. The maximum absolute atomic E-state index is 11.8. The number of carbonyl (C=O) groups excluding carboxylic acids is 1. The molecule has 3 nitrogen and oxygen atoms in total. The number of amides is 1. The molecule has 0 aliphatic carbocycles. The van der Waals surface area contributed by atoms with E-state index in [0.29, 0.717) is 6.61 Å². The lowest BCUT2D eigenvalue weighted by molar-refractivity contribution is -0.126. The van der Waals surface area contributed by atoms with Crippen LogP contribution in [-0.2, 0) is 9.53 Å². The Morgan fingerprint density at radius 2 is 2.29 bits per heavy atom. The number of ether oxygens (including phenoxy) is 1. The van der Waals surface area contributed by atoms with Gasteiger partial charge in [0.05, 0.1) is 12.3 Å². The van der Waals surface area contributed by atoms with Crippen LogP contribution in [0.3, 0.4) is 0 Å². The first kappa shape index (κ1) is 14.2. The van der Waals surface area contributed by atoms with Crippen LogP contribution in [0.25, 0.3) is 0 Å². The largest absolute Gasteiger partial charge is 0.368 e. The van der Waals surface area contributed by atoms with E-state index in [1.165, 1.54) is 0 Å². The lowest BCUT2D eigenvalue weighted by Gasteiger charge is -2.13. The number of anilines is 1. The average molecular weight is 345 g/mol. The van der Waals surface area contributed by atoms with E-state index in [1.54, 1.807) is 13.0 Å². The molecule has 1 N–H and O–H groups in total. The molecule has 92 valence electrons. The number of halogens is 1. The van der Waals surface area contributed by atoms with Gasteiger partial charge in [-0.05, 0) is 48.1 Å². The van der Waals surface area contributed by atoms with Crippen molar-refractivity contribution in [2.75, 3.05) is 11.9 Å². The molecule has 0 saturated heterocycles. The second-order valence-corrected chi connectivity index (χ2v) is 4.72. The highest BCUT2D eigenvalue weighted by molar-refractivity contribution is 14.1. The van der Waals surface area contributed by atoms with Crippen LogP contribution in [0.1, 0.15) is 13.3 Å². The highest BCUT2D eigenvalue weighted by atomic mass is 127. The first-order valence-corrected chi connectivity index (χ1v) is 6.51. The first-order valence-electron chi connectivity index (χ1n) is 5.43. The van der Waals surface area contributed by atoms with E-state index < -0.39 is 6.10 Å². The van der Waals surface area contributed by atoms with Gasteiger partial charge < -0.3 is 10.1 Å². The Kier molecular flexibility index (Phi) is 6.21. The van der Waals surface area contributed by atoms with E-state index in [-0.39, 0.29) is 5.91 Å². The maximum Gasteiger partial charge on any atom is 0.253 e. The third-order valence-electron chi connectivity index (χ3n) is 2.19. The van der Waals surface area contributed by atoms with E-state index in [0.717, 1.165) is 15.7 Å². The third-order valence-corrected chi connectivity index (χ3v) is 3.13. The van der Waals surface area contributed by atoms with Gasteiger partial charge >= 0.3 is 0 Å². The molecule has 1 atom stereocenters. The molecule has 0 saturated carbocycles. The Morgan fingerprint density at radius 1 is 1.59 bits per heavy atom. The summed E-state index contributed by atoms with van der Waals surface area (Å²) in [6, 6.07) is 7.64. The van der Waals surface area contributed by atoms with Gasteiger partial charge in [-0.1, -0.05) is 18.2 Å². The molecular weight excluding hydrogens is 329 g/mol. The highest BCUT2D eigenvalue weighted by Gasteiger charge is 2.13. The second-order valence-electron chi connectivity index (χ2n) is 3.56. The van der Waals surface area contributed by atoms with Gasteiger partial charge in [-0.3, -0.25) is 4.79 Å². The van der Waals surface area contributed by atoms with Gasteiger partial charge in [-0.15, -0.1) is 6.58 Å². The molecule has 0 bridgehead atoms. The zero-order valence-electron chi connectivity index (χ0n) is 9.78. The molecule has 0 aromatic heterocycles. The van der Waals surface area contributed by atoms with Crippen LogP contribution in [0.4, 0.5) is 5.69 Å². The smallest absolute Gasteiger partial charge is 0.253 e. The van der Waals surface area contributed by atoms with Crippen molar-refractivity contribution in [2.24, 2.45) is 0 Å². The quantitative estimate of drug-likeness (QED) is 0.489. The van der Waals surface area contributed by atoms with Gasteiger partial charge in [0, 0.05) is 3.57 Å². The van der Waals surface area contributed by atoms with Gasteiger partial charge in [-0.25, -0.2) is 0 Å². The molecule has 0 fully saturated rings. The summed E-state index contributed by atoms with van der Waals surface area (Å²) in [5, 5.41) is 2.84. The summed E-state index contributed by atoms with van der Waals surface area (Å²) in [6.07, 6.45) is 2.07. The second kappa shape index (κ2) is 7.45. The Morgan fingerprint density at radius 3 is 2.94 bits per heavy atom. The van der Waals surface area contributed by atoms with Crippen LogP contribution in [0, 0.1) is 3.57 Å². The molecule has 0 heterocycles. The number of carbonyl (C=O) groups is 1. The summed E-state index contributed by atoms with van der Waals surface area (Å²) < 4.78 is 6.38. The summed E-state index contributed by atoms with van der Waals surface area (Å²) in [7, 11) is 0. The summed E-state index contributed by atoms with van der Waals surface area (Å²) in [5.41, 5.74) is 0.817. The zero-order valence-corrected chi connectivity index (χ0v) is 11.9. The van der Waals surface area contributed by atoms with Crippen molar-refractivity contribution >= 4 is 34.2 Å². The Labute approximate surface area is 115 Å². The number of benzene rings is 1. The van der Waals surface area contributed by atoms with Crippen LogP contribution in [-0.4, -0.2) is 18.6 Å². The summed E-state index contributed by atoms with van der Waals surface area (Å²) in [4.78, 5) is 11.8. The standard InChI is InChI=1S/C13H16INO2/c1-3-4-9-17-10(2)13(16)15-12-8-6-5-7-11(12)14/h3,5-8,10H,1,4,9H2,2H3,(H,15,16). The summed E-state index contributed by atoms with van der Waals surface area (Å²) in [5.74, 6) is -0.127. The minimum Gasteiger partial charge on any atom is -0.368 e. The number of hydrogen-bond donors (Lipinski definition) is 1. The van der Waals surface area contributed by atoms with Crippen molar-refractivity contribution in [1.82, 2.24) is 0 Å². The number of para-hydroxylation sites is 1. The summed E-state index contributed by atoms with van der Waals surface area (Å²) >= 11 is 2.18. The lowest BCUT2D eigenvalue weighted by atomic mass is 10.3. The minimum atomic E-state index is -0.453. The van der Waals surface area contributed by atoms with E-state index >= 15 is 0 Å². The fourth-order valence-corrected chi connectivity index (χ4v) is 1.72. The van der Waals surface area contributed by atoms with Gasteiger partial charge in [0.25, 0.3) is 5.91 Å². The van der Waals surface area contributed by atoms with E-state index in [2.05, 4.69) is 34.5 Å². The lowest BCUT2D eigenvalue weighted by Crippen LogP contribution is -2.28. The number of hydrogen-bond acceptors (Lipinski definition) is 2. The predicted molar refractivity (Wildman–Crippen MR) is 78.0 cm³/mol. The van der Waals surface area contributed by atoms with E-state index in [1.807, 2.05) is 24.3 Å². The molecule has 0 radical (unpaired) electrons. The predicted octanol–water partition coefficient (Wildman–Crippen LogP) is 3.21. The normalized spacial score (nSPS) is 11.9. The van der Waals surface area contributed by atoms with Crippen molar-refractivity contribution in [2.45, 2.75) is 19.4 Å². The van der Waals surface area contributed by atoms with E-state index in [9.17, 15) is 4.79 Å². The summed E-state index contributed by atoms with van der Waals surface area (Å²) in [6.45, 7) is 5.86. The average Bonchev–Trinajstić information content (AvgIpc) is 2.32. The van der Waals surface area contributed by atoms with E-state index in [4.69, 9.17) is 4.74 Å². The molecule has 1 amide bonds. The maximum atomic E-state index is 11.8. The van der Waals surface area contributed by atoms with Crippen molar-refractivity contribution in [3.63, 3.8) is 0 Å². The van der Waals surface area contributed by atoms with Crippen LogP contribution < -0.4 is 5.32 Å². The molecule has 1 unspecified atom stereocenters. The fourth-order valence-electron chi connectivity index (χ4n) is 1.20. The topological polar surface area (TPSA) is 38.3 Å². The zero-order chi connectivity index (χ0) is 12.7. The molecule has 0 aliphatic rings. The molecular formula is C13H16INO2. The van der Waals surface area contributed by atoms with Crippen molar-refractivity contribution in [3.05, 3.63) is 40.5 Å². The number of nitrogens with one attached hydrogen (secondary N) is 1. The Bertz CT molecular complexity index is 393. The van der Waals surface area contributed by atoms with Gasteiger partial charge in [-0.2, -0.15) is 0 Å². The first-order chi connectivity index (χ1) is 8.15.